The minimum absolute atomic E-state index is 0.106. The second kappa shape index (κ2) is 10.3. The molecule has 4 rings (SSSR count). The Hall–Kier alpha value is -2.03. The van der Waals surface area contributed by atoms with Gasteiger partial charge in [-0.05, 0) is 62.5 Å². The lowest BCUT2D eigenvalue weighted by Gasteiger charge is -2.25. The summed E-state index contributed by atoms with van der Waals surface area (Å²) in [6.07, 6.45) is 5.28. The van der Waals surface area contributed by atoms with Crippen molar-refractivity contribution in [2.45, 2.75) is 39.2 Å². The van der Waals surface area contributed by atoms with Crippen molar-refractivity contribution in [1.29, 1.82) is 0 Å². The lowest BCUT2D eigenvalue weighted by Crippen LogP contribution is -2.26. The maximum atomic E-state index is 12.4. The number of aliphatic imine (C=N–C) groups is 2. The number of halogens is 1. The summed E-state index contributed by atoms with van der Waals surface area (Å²) in [6.45, 7) is 8.41. The molecule has 3 aliphatic heterocycles. The van der Waals surface area contributed by atoms with Gasteiger partial charge in [0.15, 0.2) is 0 Å². The quantitative estimate of drug-likeness (QED) is 0.600. The molecule has 2 atom stereocenters. The van der Waals surface area contributed by atoms with E-state index in [0.717, 1.165) is 48.0 Å². The smallest absolute Gasteiger partial charge is 0.257 e. The van der Waals surface area contributed by atoms with Gasteiger partial charge in [-0.3, -0.25) is 9.69 Å². The van der Waals surface area contributed by atoms with Crippen LogP contribution in [0.3, 0.4) is 0 Å². The Morgan fingerprint density at radius 2 is 2.12 bits per heavy atom. The number of likely N-dealkylation sites (tertiary alicyclic amines) is 1. The maximum Gasteiger partial charge on any atom is 0.257 e. The van der Waals surface area contributed by atoms with Gasteiger partial charge in [-0.25, -0.2) is 9.98 Å². The zero-order valence-electron chi connectivity index (χ0n) is 18.6. The molecule has 2 unspecified atom stereocenters. The highest BCUT2D eigenvalue weighted by Crippen LogP contribution is 2.45. The number of carbonyl (C=O) groups excluding carboxylic acids is 1. The summed E-state index contributed by atoms with van der Waals surface area (Å²) in [7, 11) is 0. The first-order valence-electron chi connectivity index (χ1n) is 11.3. The Balaban J connectivity index is 1.59. The highest BCUT2D eigenvalue weighted by Gasteiger charge is 2.38. The highest BCUT2D eigenvalue weighted by molar-refractivity contribution is 8.18. The van der Waals surface area contributed by atoms with Crippen LogP contribution in [0.1, 0.15) is 43.9 Å². The molecular weight excluding hydrogens is 446 g/mol. The number of nitrogens with one attached hydrogen (secondary N) is 1. The van der Waals surface area contributed by atoms with Crippen LogP contribution >= 0.6 is 23.4 Å². The molecule has 1 aromatic carbocycles. The van der Waals surface area contributed by atoms with Crippen molar-refractivity contribution < 1.29 is 9.53 Å². The number of rotatable bonds is 8. The Morgan fingerprint density at radius 1 is 1.34 bits per heavy atom. The molecule has 0 spiro atoms. The van der Waals surface area contributed by atoms with Gasteiger partial charge in [0.2, 0.25) is 5.96 Å². The summed E-state index contributed by atoms with van der Waals surface area (Å²) in [5.41, 5.74) is 7.95. The van der Waals surface area contributed by atoms with Gasteiger partial charge in [0.05, 0.1) is 21.9 Å². The third-order valence-corrected chi connectivity index (χ3v) is 7.41. The van der Waals surface area contributed by atoms with Crippen LogP contribution in [0.4, 0.5) is 0 Å². The Kier molecular flexibility index (Phi) is 7.43. The molecule has 1 aromatic rings. The molecule has 3 heterocycles. The predicted molar refractivity (Wildman–Crippen MR) is 132 cm³/mol. The zero-order chi connectivity index (χ0) is 22.7. The first-order chi connectivity index (χ1) is 15.5. The number of hydrogen-bond donors (Lipinski definition) is 2. The Labute approximate surface area is 198 Å². The fraction of sp³-hybridized carbons (Fsp3) is 0.522. The van der Waals surface area contributed by atoms with E-state index in [1.807, 2.05) is 25.1 Å². The molecule has 0 aliphatic carbocycles. The van der Waals surface area contributed by atoms with Crippen LogP contribution in [-0.2, 0) is 11.2 Å². The van der Waals surface area contributed by atoms with E-state index < -0.39 is 0 Å². The molecule has 0 radical (unpaired) electrons. The van der Waals surface area contributed by atoms with Crippen molar-refractivity contribution in [2.75, 3.05) is 32.8 Å². The minimum atomic E-state index is -0.346. The Morgan fingerprint density at radius 3 is 2.84 bits per heavy atom. The molecule has 7 nitrogen and oxygen atoms in total. The van der Waals surface area contributed by atoms with Gasteiger partial charge in [-0.2, -0.15) is 0 Å². The molecule has 32 heavy (non-hydrogen) atoms. The highest BCUT2D eigenvalue weighted by atomic mass is 35.5. The molecule has 3 aliphatic rings. The van der Waals surface area contributed by atoms with Crippen molar-refractivity contribution in [2.24, 2.45) is 21.6 Å². The molecule has 172 valence electrons. The summed E-state index contributed by atoms with van der Waals surface area (Å²) in [5.74, 6) is 0.756. The zero-order valence-corrected chi connectivity index (χ0v) is 20.1. The first-order valence-corrected chi connectivity index (χ1v) is 12.5. The third-order valence-electron chi connectivity index (χ3n) is 5.97. The number of guanidine groups is 1. The molecular formula is C23H30ClN5O2S. The standard InChI is InChI=1S/C23H30ClN5O2S/c1-3-14-11-17(24)15(12-18(14)31-10-9-29-7-5-6-8-29)20-16-13-19(21(30)26-4-2)32-22(16)28-23(25)27-20/h11-13,16,20H,3-10H2,1-2H3,(H2,25,27)(H,26,30). The molecule has 1 saturated heterocycles. The van der Waals surface area contributed by atoms with E-state index >= 15 is 0 Å². The summed E-state index contributed by atoms with van der Waals surface area (Å²) >= 11 is 8.07. The van der Waals surface area contributed by atoms with Crippen LogP contribution in [0.2, 0.25) is 5.02 Å². The van der Waals surface area contributed by atoms with Gasteiger partial charge in [0, 0.05) is 18.1 Å². The van der Waals surface area contributed by atoms with Crippen LogP contribution < -0.4 is 15.8 Å². The number of nitrogens with zero attached hydrogens (tertiary/aromatic N) is 3. The van der Waals surface area contributed by atoms with E-state index in [4.69, 9.17) is 22.1 Å². The van der Waals surface area contributed by atoms with Crippen LogP contribution in [-0.4, -0.2) is 54.6 Å². The lowest BCUT2D eigenvalue weighted by molar-refractivity contribution is -0.116. The number of amides is 1. The van der Waals surface area contributed by atoms with E-state index in [1.54, 1.807) is 0 Å². The van der Waals surface area contributed by atoms with Crippen LogP contribution in [0.25, 0.3) is 0 Å². The molecule has 1 fully saturated rings. The maximum absolute atomic E-state index is 12.4. The SMILES string of the molecule is CCNC(=O)C1=CC2C(=NC(N)=NC2c2cc(OCCN3CCCC3)c(CC)cc2Cl)S1. The number of hydrogen-bond acceptors (Lipinski definition) is 7. The van der Waals surface area contributed by atoms with Crippen LogP contribution in [0, 0.1) is 5.92 Å². The number of benzene rings is 1. The van der Waals surface area contributed by atoms with Crippen molar-refractivity contribution in [3.63, 3.8) is 0 Å². The van der Waals surface area contributed by atoms with Gasteiger partial charge in [-0.15, -0.1) is 0 Å². The van der Waals surface area contributed by atoms with Gasteiger partial charge < -0.3 is 15.8 Å². The van der Waals surface area contributed by atoms with Crippen molar-refractivity contribution in [3.05, 3.63) is 39.3 Å². The number of aryl methyl sites for hydroxylation is 1. The Bertz CT molecular complexity index is 971. The average Bonchev–Trinajstić information content (AvgIpc) is 3.44. The van der Waals surface area contributed by atoms with E-state index in [9.17, 15) is 4.79 Å². The number of fused-ring (bicyclic) bond motifs is 1. The summed E-state index contributed by atoms with van der Waals surface area (Å²) < 4.78 is 6.21. The number of ether oxygens (including phenoxy) is 1. The molecule has 9 heteroatoms. The fourth-order valence-electron chi connectivity index (χ4n) is 4.31. The van der Waals surface area contributed by atoms with E-state index in [-0.39, 0.29) is 23.8 Å². The second-order valence-corrected chi connectivity index (χ2v) is 9.60. The predicted octanol–water partition coefficient (Wildman–Crippen LogP) is 3.53. The van der Waals surface area contributed by atoms with Gasteiger partial charge in [0.25, 0.3) is 5.91 Å². The van der Waals surface area contributed by atoms with E-state index in [0.29, 0.717) is 23.1 Å². The van der Waals surface area contributed by atoms with Gasteiger partial charge in [0.1, 0.15) is 12.4 Å². The van der Waals surface area contributed by atoms with Crippen molar-refractivity contribution in [1.82, 2.24) is 10.2 Å². The van der Waals surface area contributed by atoms with Crippen molar-refractivity contribution >= 4 is 40.3 Å². The van der Waals surface area contributed by atoms with Gasteiger partial charge >= 0.3 is 0 Å². The van der Waals surface area contributed by atoms with Crippen molar-refractivity contribution in [3.8, 4) is 5.75 Å². The first kappa shape index (κ1) is 23.1. The molecule has 0 bridgehead atoms. The second-order valence-electron chi connectivity index (χ2n) is 8.13. The number of carbonyl (C=O) groups is 1. The number of nitrogens with two attached hydrogens (primary N) is 1. The topological polar surface area (TPSA) is 92.3 Å². The molecule has 1 amide bonds. The normalized spacial score (nSPS) is 22.8. The monoisotopic (exact) mass is 475 g/mol. The summed E-state index contributed by atoms with van der Waals surface area (Å²) in [5, 5.41) is 4.24. The molecule has 3 N–H and O–H groups in total. The molecule has 0 aromatic heterocycles. The lowest BCUT2D eigenvalue weighted by atomic mass is 9.91. The minimum Gasteiger partial charge on any atom is -0.492 e. The van der Waals surface area contributed by atoms with E-state index in [2.05, 4.69) is 27.1 Å². The van der Waals surface area contributed by atoms with Crippen LogP contribution in [0.15, 0.2) is 33.1 Å². The number of thioether (sulfide) groups is 1. The summed E-state index contributed by atoms with van der Waals surface area (Å²) in [4.78, 5) is 24.4. The van der Waals surface area contributed by atoms with Gasteiger partial charge in [-0.1, -0.05) is 36.4 Å². The average molecular weight is 476 g/mol. The van der Waals surface area contributed by atoms with E-state index in [1.165, 1.54) is 24.6 Å². The van der Waals surface area contributed by atoms with Crippen LogP contribution in [0.5, 0.6) is 5.75 Å². The largest absolute Gasteiger partial charge is 0.492 e. The summed E-state index contributed by atoms with van der Waals surface area (Å²) in [6, 6.07) is 3.62. The fourth-order valence-corrected chi connectivity index (χ4v) is 5.68. The molecule has 0 saturated carbocycles. The number of likely N-dealkylation sites (N-methyl/N-ethyl adjacent to an activating group) is 1. The third kappa shape index (κ3) is 4.97.